The van der Waals surface area contributed by atoms with Crippen LogP contribution in [0.15, 0.2) is 0 Å². The van der Waals surface area contributed by atoms with Crippen LogP contribution in [0.4, 0.5) is 0 Å². The Labute approximate surface area is 124 Å². The Bertz CT molecular complexity index is 329. The Balaban J connectivity index is 2.02. The monoisotopic (exact) mass is 280 g/mol. The van der Waals surface area contributed by atoms with Gasteiger partial charge in [-0.25, -0.2) is 0 Å². The van der Waals surface area contributed by atoms with Crippen molar-refractivity contribution in [1.82, 2.24) is 10.2 Å². The number of hydrogen-bond donors (Lipinski definition) is 1. The van der Waals surface area contributed by atoms with Crippen LogP contribution in [0.25, 0.3) is 0 Å². The van der Waals surface area contributed by atoms with Gasteiger partial charge in [0.1, 0.15) is 0 Å². The second-order valence-corrected chi connectivity index (χ2v) is 7.29. The zero-order valence-corrected chi connectivity index (χ0v) is 13.7. The summed E-state index contributed by atoms with van der Waals surface area (Å²) in [4.78, 5) is 14.7. The molecule has 0 spiro atoms. The molecule has 3 nitrogen and oxygen atoms in total. The number of hydrogen-bond acceptors (Lipinski definition) is 2. The van der Waals surface area contributed by atoms with Gasteiger partial charge in [0.15, 0.2) is 0 Å². The van der Waals surface area contributed by atoms with Gasteiger partial charge in [0, 0.05) is 6.54 Å². The van der Waals surface area contributed by atoms with E-state index in [-0.39, 0.29) is 12.2 Å². The van der Waals surface area contributed by atoms with Gasteiger partial charge in [-0.2, -0.15) is 0 Å². The van der Waals surface area contributed by atoms with Crippen molar-refractivity contribution in [1.29, 1.82) is 0 Å². The molecule has 1 saturated heterocycles. The number of carbonyl (C=O) groups is 1. The minimum Gasteiger partial charge on any atom is -0.325 e. The molecule has 0 aromatic carbocycles. The van der Waals surface area contributed by atoms with Crippen molar-refractivity contribution < 1.29 is 4.79 Å². The molecule has 20 heavy (non-hydrogen) atoms. The van der Waals surface area contributed by atoms with Gasteiger partial charge in [-0.15, -0.1) is 0 Å². The van der Waals surface area contributed by atoms with Crippen LogP contribution in [-0.2, 0) is 4.79 Å². The first kappa shape index (κ1) is 15.8. The maximum atomic E-state index is 12.6. The number of nitrogens with one attached hydrogen (secondary N) is 1. The fourth-order valence-electron chi connectivity index (χ4n) is 3.82. The van der Waals surface area contributed by atoms with E-state index in [4.69, 9.17) is 0 Å². The molecule has 0 aromatic heterocycles. The zero-order valence-electron chi connectivity index (χ0n) is 13.7. The minimum atomic E-state index is 0.0534. The molecule has 0 aromatic rings. The number of carbonyl (C=O) groups excluding carboxylic acids is 1. The lowest BCUT2D eigenvalue weighted by Crippen LogP contribution is -2.42. The molecule has 1 aliphatic carbocycles. The lowest BCUT2D eigenvalue weighted by Gasteiger charge is -2.35. The van der Waals surface area contributed by atoms with Crippen molar-refractivity contribution in [2.24, 2.45) is 17.8 Å². The highest BCUT2D eigenvalue weighted by Gasteiger charge is 2.39. The highest BCUT2D eigenvalue weighted by Crippen LogP contribution is 2.32. The molecule has 0 radical (unpaired) electrons. The topological polar surface area (TPSA) is 32.3 Å². The van der Waals surface area contributed by atoms with Gasteiger partial charge < -0.3 is 4.90 Å². The fourth-order valence-corrected chi connectivity index (χ4v) is 3.82. The average Bonchev–Trinajstić information content (AvgIpc) is 2.69. The Kier molecular flexibility index (Phi) is 5.48. The van der Waals surface area contributed by atoms with E-state index in [1.54, 1.807) is 0 Å². The Morgan fingerprint density at radius 1 is 1.30 bits per heavy atom. The molecule has 1 heterocycles. The smallest absolute Gasteiger partial charge is 0.241 e. The van der Waals surface area contributed by atoms with Crippen LogP contribution < -0.4 is 5.32 Å². The maximum absolute atomic E-state index is 12.6. The highest BCUT2D eigenvalue weighted by atomic mass is 16.2. The second-order valence-electron chi connectivity index (χ2n) is 7.29. The van der Waals surface area contributed by atoms with Gasteiger partial charge in [-0.3, -0.25) is 10.1 Å². The molecule has 116 valence electrons. The van der Waals surface area contributed by atoms with Gasteiger partial charge in [0.2, 0.25) is 5.91 Å². The predicted molar refractivity (Wildman–Crippen MR) is 83.3 cm³/mol. The van der Waals surface area contributed by atoms with Crippen LogP contribution in [-0.4, -0.2) is 29.6 Å². The Morgan fingerprint density at radius 2 is 2.00 bits per heavy atom. The van der Waals surface area contributed by atoms with Crippen molar-refractivity contribution in [2.45, 2.75) is 78.4 Å². The summed E-state index contributed by atoms with van der Waals surface area (Å²) in [5.74, 6) is 2.45. The summed E-state index contributed by atoms with van der Waals surface area (Å²) >= 11 is 0. The fraction of sp³-hybridized carbons (Fsp3) is 0.941. The standard InChI is InChI=1S/C17H32N2O/c1-5-15-17(20)19(16(18-15)10-12(2)3)11-14-9-7-6-8-13(14)4/h12-16,18H,5-11H2,1-4H3. The maximum Gasteiger partial charge on any atom is 0.241 e. The number of nitrogens with zero attached hydrogens (tertiary/aromatic N) is 1. The molecule has 1 N–H and O–H groups in total. The highest BCUT2D eigenvalue weighted by molar-refractivity contribution is 5.84. The van der Waals surface area contributed by atoms with E-state index < -0.39 is 0 Å². The molecule has 1 aliphatic heterocycles. The van der Waals surface area contributed by atoms with E-state index in [0.717, 1.165) is 25.3 Å². The lowest BCUT2D eigenvalue weighted by atomic mass is 9.80. The SMILES string of the molecule is CCC1NC(CC(C)C)N(CC2CCCCC2C)C1=O. The van der Waals surface area contributed by atoms with Crippen LogP contribution in [0.2, 0.25) is 0 Å². The van der Waals surface area contributed by atoms with E-state index in [0.29, 0.717) is 17.7 Å². The summed E-state index contributed by atoms with van der Waals surface area (Å²) in [6.07, 6.45) is 7.60. The minimum absolute atomic E-state index is 0.0534. The van der Waals surface area contributed by atoms with Crippen LogP contribution in [0.5, 0.6) is 0 Å². The second kappa shape index (κ2) is 6.93. The van der Waals surface area contributed by atoms with Crippen LogP contribution in [0.1, 0.15) is 66.2 Å². The zero-order chi connectivity index (χ0) is 14.7. The van der Waals surface area contributed by atoms with Crippen LogP contribution >= 0.6 is 0 Å². The molecule has 4 atom stereocenters. The summed E-state index contributed by atoms with van der Waals surface area (Å²) < 4.78 is 0. The van der Waals surface area contributed by atoms with Gasteiger partial charge in [-0.1, -0.05) is 47.0 Å². The molecule has 1 amide bonds. The molecular formula is C17H32N2O. The first-order valence-corrected chi connectivity index (χ1v) is 8.59. The molecule has 2 aliphatic rings. The van der Waals surface area contributed by atoms with Crippen molar-refractivity contribution >= 4 is 5.91 Å². The Morgan fingerprint density at radius 3 is 2.60 bits per heavy atom. The van der Waals surface area contributed by atoms with Gasteiger partial charge in [-0.05, 0) is 37.0 Å². The normalized spacial score (nSPS) is 35.0. The van der Waals surface area contributed by atoms with E-state index >= 15 is 0 Å². The molecule has 2 fully saturated rings. The third kappa shape index (κ3) is 3.55. The van der Waals surface area contributed by atoms with Crippen LogP contribution in [0.3, 0.4) is 0 Å². The van der Waals surface area contributed by atoms with Crippen molar-refractivity contribution in [3.8, 4) is 0 Å². The lowest BCUT2D eigenvalue weighted by molar-refractivity contribution is -0.131. The van der Waals surface area contributed by atoms with Crippen molar-refractivity contribution in [3.05, 3.63) is 0 Å². The first-order valence-electron chi connectivity index (χ1n) is 8.59. The number of amides is 1. The van der Waals surface area contributed by atoms with Gasteiger partial charge >= 0.3 is 0 Å². The Hall–Kier alpha value is -0.570. The van der Waals surface area contributed by atoms with Gasteiger partial charge in [0.25, 0.3) is 0 Å². The molecular weight excluding hydrogens is 248 g/mol. The van der Waals surface area contributed by atoms with Crippen molar-refractivity contribution in [3.63, 3.8) is 0 Å². The third-order valence-corrected chi connectivity index (χ3v) is 5.17. The van der Waals surface area contributed by atoms with Gasteiger partial charge in [0.05, 0.1) is 12.2 Å². The predicted octanol–water partition coefficient (Wildman–Crippen LogP) is 3.40. The summed E-state index contributed by atoms with van der Waals surface area (Å²) in [6.45, 7) is 9.93. The van der Waals surface area contributed by atoms with E-state index in [2.05, 4.69) is 37.9 Å². The largest absolute Gasteiger partial charge is 0.325 e. The number of rotatable bonds is 5. The summed E-state index contributed by atoms with van der Waals surface area (Å²) in [6, 6.07) is 0.0534. The summed E-state index contributed by atoms with van der Waals surface area (Å²) in [7, 11) is 0. The first-order chi connectivity index (χ1) is 9.52. The molecule has 1 saturated carbocycles. The van der Waals surface area contributed by atoms with E-state index in [9.17, 15) is 4.79 Å². The molecule has 3 heteroatoms. The van der Waals surface area contributed by atoms with E-state index in [1.165, 1.54) is 25.7 Å². The molecule has 0 bridgehead atoms. The average molecular weight is 280 g/mol. The quantitative estimate of drug-likeness (QED) is 0.837. The summed E-state index contributed by atoms with van der Waals surface area (Å²) in [5.41, 5.74) is 0. The van der Waals surface area contributed by atoms with Crippen LogP contribution in [0, 0.1) is 17.8 Å². The van der Waals surface area contributed by atoms with E-state index in [1.807, 2.05) is 0 Å². The summed E-state index contributed by atoms with van der Waals surface area (Å²) in [5, 5.41) is 3.55. The third-order valence-electron chi connectivity index (χ3n) is 5.17. The van der Waals surface area contributed by atoms with Crippen molar-refractivity contribution in [2.75, 3.05) is 6.54 Å². The molecule has 2 rings (SSSR count). The molecule has 4 unspecified atom stereocenters.